The summed E-state index contributed by atoms with van der Waals surface area (Å²) in [4.78, 5) is 39.8. The number of aromatic carboxylic acids is 1. The number of amides is 1. The fourth-order valence-electron chi connectivity index (χ4n) is 3.83. The molecule has 1 unspecified atom stereocenters. The molecule has 1 amide bonds. The van der Waals surface area contributed by atoms with E-state index in [4.69, 9.17) is 5.11 Å². The largest absolute Gasteiger partial charge is 0.487 e. The maximum absolute atomic E-state index is 13.8. The van der Waals surface area contributed by atoms with Gasteiger partial charge in [-0.05, 0) is 67.1 Å². The van der Waals surface area contributed by atoms with Gasteiger partial charge in [-0.1, -0.05) is 47.6 Å². The van der Waals surface area contributed by atoms with E-state index in [1.807, 2.05) is 0 Å². The van der Waals surface area contributed by atoms with Gasteiger partial charge in [0, 0.05) is 5.69 Å². The first-order chi connectivity index (χ1) is 17.0. The summed E-state index contributed by atoms with van der Waals surface area (Å²) in [6, 6.07) is 14.2. The minimum absolute atomic E-state index is 0.0950. The monoisotopic (exact) mass is 499 g/mol. The third-order valence-corrected chi connectivity index (χ3v) is 5.88. The van der Waals surface area contributed by atoms with E-state index in [1.165, 1.54) is 30.3 Å². The Morgan fingerprint density at radius 3 is 2.31 bits per heavy atom. The Hall–Kier alpha value is -4.08. The van der Waals surface area contributed by atoms with Crippen LogP contribution in [0, 0.1) is 18.8 Å². The molecule has 1 aromatic heterocycles. The minimum Gasteiger partial charge on any atom is -0.478 e. The van der Waals surface area contributed by atoms with Crippen LogP contribution in [0.1, 0.15) is 61.3 Å². The first-order valence-electron chi connectivity index (χ1n) is 11.1. The number of benzene rings is 2. The average Bonchev–Trinajstić information content (AvgIpc) is 2.84. The summed E-state index contributed by atoms with van der Waals surface area (Å²) in [5, 5.41) is 12.3. The predicted molar refractivity (Wildman–Crippen MR) is 126 cm³/mol. The van der Waals surface area contributed by atoms with Gasteiger partial charge in [0.15, 0.2) is 0 Å². The number of hydrogen-bond donors (Lipinski definition) is 1. The number of nitrogens with zero attached hydrogens (tertiary/aromatic N) is 3. The number of rotatable bonds is 9. The molecule has 3 aromatic rings. The van der Waals surface area contributed by atoms with Crippen LogP contribution in [0.2, 0.25) is 0 Å². The van der Waals surface area contributed by atoms with Gasteiger partial charge in [0.1, 0.15) is 11.7 Å². The highest BCUT2D eigenvalue weighted by Gasteiger charge is 2.42. The Bertz CT molecular complexity index is 1260. The Morgan fingerprint density at radius 1 is 1.03 bits per heavy atom. The third-order valence-electron chi connectivity index (χ3n) is 5.88. The van der Waals surface area contributed by atoms with Crippen molar-refractivity contribution < 1.29 is 27.9 Å². The van der Waals surface area contributed by atoms with Crippen molar-refractivity contribution in [2.45, 2.75) is 45.6 Å². The molecule has 1 heterocycles. The first kappa shape index (κ1) is 26.5. The van der Waals surface area contributed by atoms with E-state index in [0.717, 1.165) is 0 Å². The number of halogens is 3. The summed E-state index contributed by atoms with van der Waals surface area (Å²) in [6.07, 6.45) is -4.49. The summed E-state index contributed by atoms with van der Waals surface area (Å²) in [6.45, 7) is 2.51. The molecule has 0 bridgehead atoms. The summed E-state index contributed by atoms with van der Waals surface area (Å²) in [5.41, 5.74) is 1.76. The topological polar surface area (TPSA) is 99.9 Å². The zero-order valence-corrected chi connectivity index (χ0v) is 19.6. The Labute approximate surface area is 205 Å². The van der Waals surface area contributed by atoms with Gasteiger partial charge in [-0.2, -0.15) is 4.91 Å². The number of carbonyl (C=O) groups excluding carboxylic acids is 1. The molecule has 1 N–H and O–H groups in total. The molecule has 3 rings (SSSR count). The van der Waals surface area contributed by atoms with Crippen LogP contribution in [0.3, 0.4) is 0 Å². The zero-order valence-electron chi connectivity index (χ0n) is 19.6. The van der Waals surface area contributed by atoms with Gasteiger partial charge in [-0.25, -0.2) is 14.7 Å². The quantitative estimate of drug-likeness (QED) is 0.288. The van der Waals surface area contributed by atoms with Crippen LogP contribution in [0.15, 0.2) is 65.8 Å². The number of carbonyl (C=O) groups is 2. The van der Waals surface area contributed by atoms with Crippen LogP contribution < -0.4 is 0 Å². The van der Waals surface area contributed by atoms with Crippen LogP contribution in [-0.4, -0.2) is 33.2 Å². The molecular formula is C26H24F3N3O4. The zero-order chi connectivity index (χ0) is 26.5. The molecule has 188 valence electrons. The fraction of sp³-hybridized carbons (Fsp3) is 0.269. The van der Waals surface area contributed by atoms with Gasteiger partial charge < -0.3 is 5.11 Å². The average molecular weight is 499 g/mol. The summed E-state index contributed by atoms with van der Waals surface area (Å²) >= 11 is 0. The van der Waals surface area contributed by atoms with E-state index in [2.05, 4.69) is 10.2 Å². The van der Waals surface area contributed by atoms with Gasteiger partial charge in [-0.15, -0.1) is 13.2 Å². The van der Waals surface area contributed by atoms with Crippen molar-refractivity contribution in [1.29, 1.82) is 0 Å². The fourth-order valence-corrected chi connectivity index (χ4v) is 3.83. The molecule has 0 aliphatic heterocycles. The molecule has 0 saturated carbocycles. The van der Waals surface area contributed by atoms with E-state index in [9.17, 15) is 27.7 Å². The van der Waals surface area contributed by atoms with Crippen LogP contribution in [0.5, 0.6) is 0 Å². The lowest BCUT2D eigenvalue weighted by molar-refractivity contribution is -0.228. The highest BCUT2D eigenvalue weighted by atomic mass is 19.4. The highest BCUT2D eigenvalue weighted by Crippen LogP contribution is 2.31. The molecular weight excluding hydrogens is 475 g/mol. The smallest absolute Gasteiger partial charge is 0.478 e. The number of carboxylic acids is 1. The van der Waals surface area contributed by atoms with Gasteiger partial charge in [0.05, 0.1) is 12.1 Å². The first-order valence-corrected chi connectivity index (χ1v) is 11.1. The minimum atomic E-state index is -4.95. The standard InChI is InChI=1S/C26H24F3N3O4/c1-16-17(2)30-23(24(33)32(26(27,28)29)15-19-7-4-3-5-8-19)14-21(16)22(31-36)12-11-18-9-6-10-20(13-18)25(34)35/h3-10,13-14,22H,11-12,15H2,1-2H3,(H,34,35). The molecule has 2 aromatic carbocycles. The molecule has 0 fully saturated rings. The lowest BCUT2D eigenvalue weighted by Gasteiger charge is -2.25. The summed E-state index contributed by atoms with van der Waals surface area (Å²) in [5.74, 6) is -2.43. The molecule has 7 nitrogen and oxygen atoms in total. The lowest BCUT2D eigenvalue weighted by atomic mass is 9.94. The highest BCUT2D eigenvalue weighted by molar-refractivity contribution is 5.93. The van der Waals surface area contributed by atoms with E-state index in [1.54, 1.807) is 44.2 Å². The number of alkyl halides is 3. The number of pyridine rings is 1. The van der Waals surface area contributed by atoms with Gasteiger partial charge in [0.2, 0.25) is 0 Å². The Kier molecular flexibility index (Phi) is 8.18. The number of aryl methyl sites for hydroxylation is 2. The van der Waals surface area contributed by atoms with E-state index < -0.39 is 36.5 Å². The van der Waals surface area contributed by atoms with Gasteiger partial charge >= 0.3 is 12.3 Å². The van der Waals surface area contributed by atoms with E-state index in [0.29, 0.717) is 34.4 Å². The molecule has 1 atom stereocenters. The number of hydrogen-bond acceptors (Lipinski definition) is 5. The lowest BCUT2D eigenvalue weighted by Crippen LogP contribution is -2.42. The molecule has 36 heavy (non-hydrogen) atoms. The normalized spacial score (nSPS) is 12.1. The number of carboxylic acid groups (broad SMARTS) is 1. The predicted octanol–water partition coefficient (Wildman–Crippen LogP) is 6.00. The number of nitroso groups, excluding NO2 is 1. The number of aromatic nitrogens is 1. The van der Waals surface area contributed by atoms with Crippen molar-refractivity contribution in [2.24, 2.45) is 5.18 Å². The third kappa shape index (κ3) is 6.32. The van der Waals surface area contributed by atoms with Crippen LogP contribution in [0.4, 0.5) is 13.2 Å². The second-order valence-electron chi connectivity index (χ2n) is 8.32. The van der Waals surface area contributed by atoms with Crippen molar-refractivity contribution in [2.75, 3.05) is 0 Å². The molecule has 0 spiro atoms. The summed E-state index contributed by atoms with van der Waals surface area (Å²) < 4.78 is 41.4. The van der Waals surface area contributed by atoms with E-state index >= 15 is 0 Å². The SMILES string of the molecule is Cc1nc(C(=O)N(Cc2ccccc2)C(F)(F)F)cc(C(CCc2cccc(C(=O)O)c2)N=O)c1C. The maximum atomic E-state index is 13.8. The van der Waals surface area contributed by atoms with Crippen molar-refractivity contribution in [1.82, 2.24) is 9.88 Å². The molecule has 0 aliphatic rings. The molecule has 0 saturated heterocycles. The second-order valence-corrected chi connectivity index (χ2v) is 8.32. The van der Waals surface area contributed by atoms with Gasteiger partial charge in [-0.3, -0.25) is 4.79 Å². The second kappa shape index (κ2) is 11.1. The maximum Gasteiger partial charge on any atom is 0.487 e. The Morgan fingerprint density at radius 2 is 1.69 bits per heavy atom. The Balaban J connectivity index is 1.90. The molecule has 0 aliphatic carbocycles. The van der Waals surface area contributed by atoms with Crippen LogP contribution in [0.25, 0.3) is 0 Å². The van der Waals surface area contributed by atoms with Crippen LogP contribution in [-0.2, 0) is 13.0 Å². The van der Waals surface area contributed by atoms with Crippen molar-refractivity contribution >= 4 is 11.9 Å². The van der Waals surface area contributed by atoms with Crippen molar-refractivity contribution in [3.8, 4) is 0 Å². The van der Waals surface area contributed by atoms with Crippen molar-refractivity contribution in [3.63, 3.8) is 0 Å². The van der Waals surface area contributed by atoms with Crippen molar-refractivity contribution in [3.05, 3.63) is 105 Å². The van der Waals surface area contributed by atoms with Crippen LogP contribution >= 0.6 is 0 Å². The summed E-state index contributed by atoms with van der Waals surface area (Å²) in [7, 11) is 0. The molecule has 0 radical (unpaired) electrons. The molecule has 10 heteroatoms. The van der Waals surface area contributed by atoms with E-state index in [-0.39, 0.29) is 16.9 Å². The van der Waals surface area contributed by atoms with Gasteiger partial charge in [0.25, 0.3) is 5.91 Å².